The fourth-order valence-corrected chi connectivity index (χ4v) is 5.85. The number of benzene rings is 4. The summed E-state index contributed by atoms with van der Waals surface area (Å²) in [6.45, 7) is 3.29. The Morgan fingerprint density at radius 3 is 2.04 bits per heavy atom. The normalized spacial score (nSPS) is 17.0. The number of esters is 2. The van der Waals surface area contributed by atoms with E-state index in [-0.39, 0.29) is 12.0 Å². The summed E-state index contributed by atoms with van der Waals surface area (Å²) in [6, 6.07) is 28.6. The standard InChI is InChI=1S/C36H34N2O7/c1-23-34(39)38(31-19-28(36(41)43-3)13-15-33(31)44-23)21-26-11-7-10-25(16-26)17-29-22-37(20-24-8-5-4-6-9-24)30-18-27(35(40)42-2)12-14-32(30)45-29/h4-16,18-19,23,29H,17,20-22H2,1-3H3. The largest absolute Gasteiger partial charge is 0.486 e. The van der Waals surface area contributed by atoms with Crippen LogP contribution >= 0.6 is 0 Å². The Balaban J connectivity index is 1.24. The molecule has 4 aromatic carbocycles. The van der Waals surface area contributed by atoms with Crippen molar-refractivity contribution in [3.63, 3.8) is 0 Å². The second-order valence-corrected chi connectivity index (χ2v) is 11.2. The number of hydrogen-bond acceptors (Lipinski definition) is 8. The van der Waals surface area contributed by atoms with E-state index in [2.05, 4.69) is 29.2 Å². The minimum absolute atomic E-state index is 0.158. The second kappa shape index (κ2) is 12.7. The molecular formula is C36H34N2O7. The third-order valence-electron chi connectivity index (χ3n) is 8.04. The highest BCUT2D eigenvalue weighted by Gasteiger charge is 2.33. The maximum absolute atomic E-state index is 13.3. The first-order chi connectivity index (χ1) is 21.8. The first-order valence-corrected chi connectivity index (χ1v) is 14.8. The van der Waals surface area contributed by atoms with E-state index in [4.69, 9.17) is 18.9 Å². The van der Waals surface area contributed by atoms with Crippen LogP contribution in [0.2, 0.25) is 0 Å². The number of hydrogen-bond donors (Lipinski definition) is 0. The number of nitrogens with zero attached hydrogens (tertiary/aromatic N) is 2. The Labute approximate surface area is 261 Å². The fourth-order valence-electron chi connectivity index (χ4n) is 5.85. The van der Waals surface area contributed by atoms with E-state index in [1.165, 1.54) is 14.2 Å². The zero-order valence-corrected chi connectivity index (χ0v) is 25.4. The smallest absolute Gasteiger partial charge is 0.337 e. The Bertz CT molecular complexity index is 1740. The molecule has 0 spiro atoms. The van der Waals surface area contributed by atoms with Gasteiger partial charge in [0.05, 0.1) is 49.8 Å². The van der Waals surface area contributed by atoms with Crippen molar-refractivity contribution in [2.45, 2.75) is 38.6 Å². The molecule has 9 nitrogen and oxygen atoms in total. The summed E-state index contributed by atoms with van der Waals surface area (Å²) in [7, 11) is 2.70. The van der Waals surface area contributed by atoms with Crippen LogP contribution in [0, 0.1) is 0 Å². The highest BCUT2D eigenvalue weighted by atomic mass is 16.5. The number of amides is 1. The van der Waals surface area contributed by atoms with Crippen LogP contribution < -0.4 is 19.3 Å². The topological polar surface area (TPSA) is 94.6 Å². The minimum Gasteiger partial charge on any atom is -0.486 e. The highest BCUT2D eigenvalue weighted by molar-refractivity contribution is 6.01. The van der Waals surface area contributed by atoms with Crippen molar-refractivity contribution in [3.8, 4) is 11.5 Å². The van der Waals surface area contributed by atoms with Crippen molar-refractivity contribution >= 4 is 29.2 Å². The Morgan fingerprint density at radius 1 is 0.733 bits per heavy atom. The third kappa shape index (κ3) is 6.33. The van der Waals surface area contributed by atoms with E-state index in [1.54, 1.807) is 36.1 Å². The molecule has 2 aliphatic heterocycles. The van der Waals surface area contributed by atoms with Crippen molar-refractivity contribution in [1.82, 2.24) is 0 Å². The monoisotopic (exact) mass is 606 g/mol. The van der Waals surface area contributed by atoms with Gasteiger partial charge in [-0.05, 0) is 60.0 Å². The summed E-state index contributed by atoms with van der Waals surface area (Å²) in [6.07, 6.45) is -0.182. The highest BCUT2D eigenvalue weighted by Crippen LogP contribution is 2.38. The molecule has 0 aliphatic carbocycles. The molecule has 2 atom stereocenters. The molecular weight excluding hydrogens is 572 g/mol. The van der Waals surface area contributed by atoms with E-state index in [1.807, 2.05) is 42.5 Å². The molecule has 45 heavy (non-hydrogen) atoms. The van der Waals surface area contributed by atoms with Gasteiger partial charge in [-0.2, -0.15) is 0 Å². The van der Waals surface area contributed by atoms with Crippen molar-refractivity contribution in [1.29, 1.82) is 0 Å². The molecule has 0 saturated heterocycles. The Morgan fingerprint density at radius 2 is 1.36 bits per heavy atom. The van der Waals surface area contributed by atoms with E-state index < -0.39 is 18.0 Å². The molecule has 4 aromatic rings. The number of fused-ring (bicyclic) bond motifs is 2. The predicted octanol–water partition coefficient (Wildman–Crippen LogP) is 5.58. The van der Waals surface area contributed by atoms with Crippen LogP contribution in [0.15, 0.2) is 91.0 Å². The van der Waals surface area contributed by atoms with E-state index in [0.717, 1.165) is 22.4 Å². The zero-order chi connectivity index (χ0) is 31.5. The average Bonchev–Trinajstić information content (AvgIpc) is 3.06. The van der Waals surface area contributed by atoms with Gasteiger partial charge in [-0.3, -0.25) is 4.79 Å². The lowest BCUT2D eigenvalue weighted by Crippen LogP contribution is -2.44. The third-order valence-corrected chi connectivity index (χ3v) is 8.04. The number of ether oxygens (including phenoxy) is 4. The van der Waals surface area contributed by atoms with Gasteiger partial charge in [-0.25, -0.2) is 9.59 Å². The predicted molar refractivity (Wildman–Crippen MR) is 169 cm³/mol. The van der Waals surface area contributed by atoms with Crippen molar-refractivity contribution < 1.29 is 33.3 Å². The maximum Gasteiger partial charge on any atom is 0.337 e. The van der Waals surface area contributed by atoms with Crippen LogP contribution in [0.5, 0.6) is 11.5 Å². The molecule has 9 heteroatoms. The lowest BCUT2D eigenvalue weighted by molar-refractivity contribution is -0.125. The summed E-state index contributed by atoms with van der Waals surface area (Å²) in [5.74, 6) is 0.173. The van der Waals surface area contributed by atoms with E-state index >= 15 is 0 Å². The first-order valence-electron chi connectivity index (χ1n) is 14.8. The van der Waals surface area contributed by atoms with Gasteiger partial charge in [0.1, 0.15) is 17.6 Å². The average molecular weight is 607 g/mol. The van der Waals surface area contributed by atoms with Crippen molar-refractivity contribution in [3.05, 3.63) is 119 Å². The lowest BCUT2D eigenvalue weighted by Gasteiger charge is -2.37. The SMILES string of the molecule is COC(=O)c1ccc2c(c1)N(Cc1ccccc1)CC(Cc1cccc(CN3C(=O)C(C)Oc4ccc(C(=O)OC)cc43)c1)O2. The number of rotatable bonds is 8. The molecule has 0 fully saturated rings. The molecule has 2 aliphatic rings. The van der Waals surface area contributed by atoms with Crippen LogP contribution in [0.25, 0.3) is 0 Å². The lowest BCUT2D eigenvalue weighted by atomic mass is 10.0. The molecule has 0 N–H and O–H groups in total. The number of anilines is 2. The first kappa shape index (κ1) is 29.7. The van der Waals surface area contributed by atoms with Crippen molar-refractivity contribution in [2.24, 2.45) is 0 Å². The zero-order valence-electron chi connectivity index (χ0n) is 25.4. The van der Waals surface area contributed by atoms with Gasteiger partial charge in [-0.1, -0.05) is 54.6 Å². The van der Waals surface area contributed by atoms with Gasteiger partial charge in [0, 0.05) is 13.0 Å². The summed E-state index contributed by atoms with van der Waals surface area (Å²) in [5, 5.41) is 0. The second-order valence-electron chi connectivity index (χ2n) is 11.2. The van der Waals surface area contributed by atoms with Crippen LogP contribution in [-0.2, 0) is 33.8 Å². The molecule has 2 heterocycles. The summed E-state index contributed by atoms with van der Waals surface area (Å²) >= 11 is 0. The number of carbonyl (C=O) groups excluding carboxylic acids is 3. The quantitative estimate of drug-likeness (QED) is 0.240. The summed E-state index contributed by atoms with van der Waals surface area (Å²) in [4.78, 5) is 41.6. The molecule has 1 amide bonds. The Hall–Kier alpha value is -5.31. The fraction of sp³-hybridized carbons (Fsp3) is 0.250. The number of methoxy groups -OCH3 is 2. The van der Waals surface area contributed by atoms with Crippen LogP contribution in [-0.4, -0.2) is 50.8 Å². The summed E-state index contributed by atoms with van der Waals surface area (Å²) < 4.78 is 22.1. The molecule has 230 valence electrons. The number of carbonyl (C=O) groups is 3. The molecule has 0 radical (unpaired) electrons. The van der Waals surface area contributed by atoms with Gasteiger partial charge >= 0.3 is 11.9 Å². The molecule has 0 bridgehead atoms. The van der Waals surface area contributed by atoms with Gasteiger partial charge in [0.2, 0.25) is 0 Å². The van der Waals surface area contributed by atoms with Gasteiger partial charge in [-0.15, -0.1) is 0 Å². The van der Waals surface area contributed by atoms with Crippen LogP contribution in [0.3, 0.4) is 0 Å². The molecule has 2 unspecified atom stereocenters. The van der Waals surface area contributed by atoms with Crippen LogP contribution in [0.1, 0.15) is 44.3 Å². The minimum atomic E-state index is -0.657. The molecule has 6 rings (SSSR count). The van der Waals surface area contributed by atoms with E-state index in [9.17, 15) is 14.4 Å². The van der Waals surface area contributed by atoms with Gasteiger partial charge in [0.25, 0.3) is 5.91 Å². The maximum atomic E-state index is 13.3. The molecule has 0 saturated carbocycles. The van der Waals surface area contributed by atoms with Gasteiger partial charge in [0.15, 0.2) is 6.10 Å². The molecule has 0 aromatic heterocycles. The van der Waals surface area contributed by atoms with Gasteiger partial charge < -0.3 is 28.7 Å². The Kier molecular flexibility index (Phi) is 8.42. The van der Waals surface area contributed by atoms with Crippen LogP contribution in [0.4, 0.5) is 11.4 Å². The summed E-state index contributed by atoms with van der Waals surface area (Å²) in [5.41, 5.74) is 5.33. The van der Waals surface area contributed by atoms with E-state index in [0.29, 0.717) is 54.4 Å². The van der Waals surface area contributed by atoms with Crippen molar-refractivity contribution in [2.75, 3.05) is 30.6 Å².